The zero-order valence-electron chi connectivity index (χ0n) is 11.4. The lowest BCUT2D eigenvalue weighted by atomic mass is 10.1. The number of methoxy groups -OCH3 is 1. The lowest BCUT2D eigenvalue weighted by molar-refractivity contribution is 0.414. The molecule has 0 bridgehead atoms. The van der Waals surface area contributed by atoms with Crippen molar-refractivity contribution in [1.29, 1.82) is 0 Å². The van der Waals surface area contributed by atoms with Crippen LogP contribution in [0.4, 0.5) is 0 Å². The van der Waals surface area contributed by atoms with Gasteiger partial charge in [0.15, 0.2) is 5.96 Å². The second-order valence-corrected chi connectivity index (χ2v) is 4.66. The predicted octanol–water partition coefficient (Wildman–Crippen LogP) is 2.15. The zero-order valence-corrected chi connectivity index (χ0v) is 11.4. The van der Waals surface area contributed by atoms with Crippen molar-refractivity contribution in [2.75, 3.05) is 13.7 Å². The lowest BCUT2D eigenvalue weighted by Crippen LogP contribution is -2.32. The van der Waals surface area contributed by atoms with E-state index >= 15 is 0 Å². The third kappa shape index (κ3) is 5.57. The Bertz CT molecular complexity index is 388. The van der Waals surface area contributed by atoms with Gasteiger partial charge >= 0.3 is 0 Å². The molecule has 4 heteroatoms. The van der Waals surface area contributed by atoms with Crippen molar-refractivity contribution >= 4 is 5.96 Å². The van der Waals surface area contributed by atoms with Gasteiger partial charge < -0.3 is 15.8 Å². The number of nitrogens with two attached hydrogens (primary N) is 1. The summed E-state index contributed by atoms with van der Waals surface area (Å²) in [6.45, 7) is 5.80. The number of hydrogen-bond acceptors (Lipinski definition) is 2. The molecule has 0 radical (unpaired) electrons. The maximum atomic E-state index is 5.79. The molecule has 0 spiro atoms. The average Bonchev–Trinajstić information content (AvgIpc) is 2.36. The Morgan fingerprint density at radius 1 is 1.44 bits per heavy atom. The van der Waals surface area contributed by atoms with Crippen LogP contribution in [0.25, 0.3) is 0 Å². The fourth-order valence-corrected chi connectivity index (χ4v) is 1.49. The second-order valence-electron chi connectivity index (χ2n) is 4.66. The van der Waals surface area contributed by atoms with E-state index in [-0.39, 0.29) is 0 Å². The van der Waals surface area contributed by atoms with Crippen molar-refractivity contribution in [1.82, 2.24) is 5.32 Å². The Hall–Kier alpha value is -1.71. The first-order valence-electron chi connectivity index (χ1n) is 6.28. The highest BCUT2D eigenvalue weighted by Crippen LogP contribution is 2.12. The maximum absolute atomic E-state index is 5.79. The van der Waals surface area contributed by atoms with Gasteiger partial charge in [0, 0.05) is 6.54 Å². The molecule has 0 aliphatic rings. The van der Waals surface area contributed by atoms with Crippen molar-refractivity contribution < 1.29 is 4.74 Å². The molecule has 0 fully saturated rings. The van der Waals surface area contributed by atoms with Gasteiger partial charge in [-0.25, -0.2) is 4.99 Å². The van der Waals surface area contributed by atoms with Gasteiger partial charge in [0.25, 0.3) is 0 Å². The molecule has 100 valence electrons. The van der Waals surface area contributed by atoms with Gasteiger partial charge in [0.2, 0.25) is 0 Å². The van der Waals surface area contributed by atoms with E-state index in [1.807, 2.05) is 24.3 Å². The van der Waals surface area contributed by atoms with E-state index in [0.29, 0.717) is 18.4 Å². The van der Waals surface area contributed by atoms with E-state index in [0.717, 1.165) is 24.3 Å². The lowest BCUT2D eigenvalue weighted by Gasteiger charge is -2.07. The third-order valence-corrected chi connectivity index (χ3v) is 2.59. The summed E-state index contributed by atoms with van der Waals surface area (Å²) in [5.74, 6) is 2.01. The van der Waals surface area contributed by atoms with Crippen LogP contribution >= 0.6 is 0 Å². The minimum Gasteiger partial charge on any atom is -0.497 e. The molecule has 0 saturated heterocycles. The molecule has 3 N–H and O–H groups in total. The van der Waals surface area contributed by atoms with E-state index in [1.54, 1.807) is 7.11 Å². The molecule has 0 heterocycles. The van der Waals surface area contributed by atoms with Gasteiger partial charge in [-0.05, 0) is 30.0 Å². The highest BCUT2D eigenvalue weighted by molar-refractivity contribution is 5.77. The molecule has 1 aromatic rings. The number of rotatable bonds is 6. The predicted molar refractivity (Wildman–Crippen MR) is 75.8 cm³/mol. The molecule has 1 rings (SSSR count). The fraction of sp³-hybridized carbons (Fsp3) is 0.500. The maximum Gasteiger partial charge on any atom is 0.188 e. The number of benzene rings is 1. The first-order chi connectivity index (χ1) is 8.61. The zero-order chi connectivity index (χ0) is 13.4. The van der Waals surface area contributed by atoms with E-state index in [4.69, 9.17) is 10.5 Å². The topological polar surface area (TPSA) is 59.6 Å². The Morgan fingerprint density at radius 3 is 2.89 bits per heavy atom. The standard InChI is InChI=1S/C14H23N3O/c1-11(2)7-8-16-14(15)17-10-12-5-4-6-13(9-12)18-3/h4-6,9,11H,7-8,10H2,1-3H3,(H3,15,16,17). The van der Waals surface area contributed by atoms with Crippen LogP contribution in [0.1, 0.15) is 25.8 Å². The third-order valence-electron chi connectivity index (χ3n) is 2.59. The Morgan fingerprint density at radius 2 is 2.22 bits per heavy atom. The van der Waals surface area contributed by atoms with Crippen LogP contribution in [-0.4, -0.2) is 19.6 Å². The summed E-state index contributed by atoms with van der Waals surface area (Å²) in [5, 5.41) is 3.11. The van der Waals surface area contributed by atoms with E-state index in [9.17, 15) is 0 Å². The minimum absolute atomic E-state index is 0.499. The van der Waals surface area contributed by atoms with Gasteiger partial charge in [-0.3, -0.25) is 0 Å². The number of nitrogens with one attached hydrogen (secondary N) is 1. The molecular formula is C14H23N3O. The molecule has 0 unspecified atom stereocenters. The summed E-state index contributed by atoms with van der Waals surface area (Å²) in [6, 6.07) is 7.84. The molecule has 4 nitrogen and oxygen atoms in total. The van der Waals surface area contributed by atoms with Gasteiger partial charge in [0.05, 0.1) is 13.7 Å². The van der Waals surface area contributed by atoms with Gasteiger partial charge in [-0.15, -0.1) is 0 Å². The first-order valence-corrected chi connectivity index (χ1v) is 6.28. The molecule has 18 heavy (non-hydrogen) atoms. The van der Waals surface area contributed by atoms with Crippen molar-refractivity contribution in [3.8, 4) is 5.75 Å². The summed E-state index contributed by atoms with van der Waals surface area (Å²) < 4.78 is 5.16. The molecule has 0 aliphatic heterocycles. The van der Waals surface area contributed by atoms with Crippen molar-refractivity contribution in [3.05, 3.63) is 29.8 Å². The molecule has 0 saturated carbocycles. The second kappa shape index (κ2) is 7.58. The smallest absolute Gasteiger partial charge is 0.188 e. The van der Waals surface area contributed by atoms with Crippen LogP contribution in [0.15, 0.2) is 29.3 Å². The van der Waals surface area contributed by atoms with E-state index in [2.05, 4.69) is 24.2 Å². The van der Waals surface area contributed by atoms with E-state index < -0.39 is 0 Å². The van der Waals surface area contributed by atoms with Crippen LogP contribution < -0.4 is 15.8 Å². The van der Waals surface area contributed by atoms with Gasteiger partial charge in [0.1, 0.15) is 5.75 Å². The fourth-order valence-electron chi connectivity index (χ4n) is 1.49. The Kier molecular flexibility index (Phi) is 6.05. The molecule has 0 amide bonds. The molecule has 1 aromatic carbocycles. The highest BCUT2D eigenvalue weighted by Gasteiger charge is 1.97. The molecular weight excluding hydrogens is 226 g/mol. The minimum atomic E-state index is 0.499. The number of ether oxygens (including phenoxy) is 1. The number of nitrogens with zero attached hydrogens (tertiary/aromatic N) is 1. The summed E-state index contributed by atoms with van der Waals surface area (Å²) in [7, 11) is 1.66. The quantitative estimate of drug-likeness (QED) is 0.600. The molecule has 0 aromatic heterocycles. The van der Waals surface area contributed by atoms with Gasteiger partial charge in [-0.2, -0.15) is 0 Å². The van der Waals surface area contributed by atoms with Crippen LogP contribution in [0.3, 0.4) is 0 Å². The normalized spacial score (nSPS) is 11.7. The van der Waals surface area contributed by atoms with Gasteiger partial charge in [-0.1, -0.05) is 26.0 Å². The number of hydrogen-bond donors (Lipinski definition) is 2. The van der Waals surface area contributed by atoms with Crippen LogP contribution in [-0.2, 0) is 6.54 Å². The summed E-state index contributed by atoms with van der Waals surface area (Å²) in [6.07, 6.45) is 1.09. The van der Waals surface area contributed by atoms with E-state index in [1.165, 1.54) is 0 Å². The van der Waals surface area contributed by atoms with Crippen molar-refractivity contribution in [2.45, 2.75) is 26.8 Å². The SMILES string of the molecule is COc1cccc(CN=C(N)NCCC(C)C)c1. The molecule has 0 atom stereocenters. The Balaban J connectivity index is 2.41. The first kappa shape index (κ1) is 14.4. The Labute approximate surface area is 109 Å². The van der Waals surface area contributed by atoms with Crippen LogP contribution in [0.2, 0.25) is 0 Å². The summed E-state index contributed by atoms with van der Waals surface area (Å²) in [4.78, 5) is 4.29. The summed E-state index contributed by atoms with van der Waals surface area (Å²) in [5.41, 5.74) is 6.87. The number of guanidine groups is 1. The van der Waals surface area contributed by atoms with Crippen molar-refractivity contribution in [2.24, 2.45) is 16.6 Å². The highest BCUT2D eigenvalue weighted by atomic mass is 16.5. The van der Waals surface area contributed by atoms with Crippen LogP contribution in [0, 0.1) is 5.92 Å². The monoisotopic (exact) mass is 249 g/mol. The summed E-state index contributed by atoms with van der Waals surface area (Å²) >= 11 is 0. The van der Waals surface area contributed by atoms with Crippen LogP contribution in [0.5, 0.6) is 5.75 Å². The average molecular weight is 249 g/mol. The number of aliphatic imine (C=N–C) groups is 1. The van der Waals surface area contributed by atoms with Crippen molar-refractivity contribution in [3.63, 3.8) is 0 Å². The largest absolute Gasteiger partial charge is 0.497 e. The molecule has 0 aliphatic carbocycles.